The van der Waals surface area contributed by atoms with Gasteiger partial charge < -0.3 is 14.8 Å². The Hall–Kier alpha value is -3.05. The van der Waals surface area contributed by atoms with Gasteiger partial charge in [-0.05, 0) is 35.9 Å². The summed E-state index contributed by atoms with van der Waals surface area (Å²) in [7, 11) is 0. The van der Waals surface area contributed by atoms with Crippen molar-refractivity contribution in [2.75, 3.05) is 13.2 Å². The van der Waals surface area contributed by atoms with Gasteiger partial charge in [-0.1, -0.05) is 39.8 Å². The lowest BCUT2D eigenvalue weighted by Crippen LogP contribution is -2.74. The van der Waals surface area contributed by atoms with Crippen LogP contribution in [0, 0.1) is 22.2 Å². The summed E-state index contributed by atoms with van der Waals surface area (Å²) < 4.78 is 51.3. The van der Waals surface area contributed by atoms with E-state index in [0.29, 0.717) is 24.7 Å². The van der Waals surface area contributed by atoms with E-state index < -0.39 is 34.2 Å². The van der Waals surface area contributed by atoms with Gasteiger partial charge in [0.1, 0.15) is 11.9 Å². The molecule has 4 rings (SSSR count). The third kappa shape index (κ3) is 4.14. The molecule has 0 atom stereocenters. The maximum atomic E-state index is 13.4. The molecule has 2 aliphatic rings. The molecule has 2 aromatic rings. The van der Waals surface area contributed by atoms with Crippen molar-refractivity contribution in [2.45, 2.75) is 51.9 Å². The van der Waals surface area contributed by atoms with Gasteiger partial charge in [0.2, 0.25) is 0 Å². The second-order valence-corrected chi connectivity index (χ2v) is 10.2. The zero-order valence-electron chi connectivity index (χ0n) is 19.5. The minimum Gasteiger partial charge on any atom is -0.489 e. The Morgan fingerprint density at radius 3 is 2.21 bits per heavy atom. The Morgan fingerprint density at radius 1 is 1.09 bits per heavy atom. The van der Waals surface area contributed by atoms with E-state index in [2.05, 4.69) is 5.32 Å². The maximum absolute atomic E-state index is 13.4. The average Bonchev–Trinajstić information content (AvgIpc) is 2.73. The summed E-state index contributed by atoms with van der Waals surface area (Å²) in [6.07, 6.45) is -5.12. The van der Waals surface area contributed by atoms with E-state index in [0.717, 1.165) is 17.7 Å². The standard InChI is InChI=1S/C26H27F3N2O3/c1-24(2)22(31-21(32)16-7-5-15(6-8-16)18-13-33-14-18)25(3,4)23(24)34-19-10-9-17(12-30)20(11-19)26(27,28)29/h5-11,18,22-23H,13-14H2,1-4H3,(H,31,32). The molecule has 0 radical (unpaired) electrons. The summed E-state index contributed by atoms with van der Waals surface area (Å²) >= 11 is 0. The number of hydrogen-bond donors (Lipinski definition) is 1. The number of carbonyl (C=O) groups excluding carboxylic acids is 1. The molecule has 8 heteroatoms. The van der Waals surface area contributed by atoms with Crippen LogP contribution >= 0.6 is 0 Å². The number of nitriles is 1. The molecule has 1 amide bonds. The fourth-order valence-electron chi connectivity index (χ4n) is 5.41. The van der Waals surface area contributed by atoms with Crippen molar-refractivity contribution in [1.82, 2.24) is 5.32 Å². The number of amides is 1. The number of rotatable bonds is 5. The lowest BCUT2D eigenvalue weighted by Gasteiger charge is -2.63. The number of nitrogens with zero attached hydrogens (tertiary/aromatic N) is 1. The van der Waals surface area contributed by atoms with E-state index in [9.17, 15) is 18.0 Å². The van der Waals surface area contributed by atoms with Crippen molar-refractivity contribution >= 4 is 5.91 Å². The highest BCUT2D eigenvalue weighted by Crippen LogP contribution is 2.55. The molecule has 2 fully saturated rings. The van der Waals surface area contributed by atoms with Crippen LogP contribution in [-0.2, 0) is 10.9 Å². The summed E-state index contributed by atoms with van der Waals surface area (Å²) in [5, 5.41) is 12.1. The third-order valence-corrected chi connectivity index (χ3v) is 7.07. The van der Waals surface area contributed by atoms with Crippen LogP contribution in [0.1, 0.15) is 60.7 Å². The number of nitrogens with one attached hydrogen (secondary N) is 1. The molecule has 5 nitrogen and oxygen atoms in total. The number of alkyl halides is 3. The molecule has 0 unspecified atom stereocenters. The fraction of sp³-hybridized carbons (Fsp3) is 0.462. The van der Waals surface area contributed by atoms with E-state index in [-0.39, 0.29) is 17.7 Å². The van der Waals surface area contributed by atoms with Crippen molar-refractivity contribution in [3.63, 3.8) is 0 Å². The monoisotopic (exact) mass is 472 g/mol. The molecule has 0 bridgehead atoms. The van der Waals surface area contributed by atoms with Crippen molar-refractivity contribution in [2.24, 2.45) is 10.8 Å². The first kappa shape index (κ1) is 24.1. The van der Waals surface area contributed by atoms with Crippen LogP contribution in [0.25, 0.3) is 0 Å². The minimum atomic E-state index is -4.66. The zero-order valence-corrected chi connectivity index (χ0v) is 19.5. The van der Waals surface area contributed by atoms with Gasteiger partial charge in [-0.15, -0.1) is 0 Å². The Labute approximate surface area is 196 Å². The predicted molar refractivity (Wildman–Crippen MR) is 119 cm³/mol. The van der Waals surface area contributed by atoms with Gasteiger partial charge in [-0.25, -0.2) is 0 Å². The number of carbonyl (C=O) groups is 1. The Bertz CT molecular complexity index is 1110. The number of hydrogen-bond acceptors (Lipinski definition) is 4. The Kier molecular flexibility index (Phi) is 5.89. The van der Waals surface area contributed by atoms with Gasteiger partial charge in [0.25, 0.3) is 5.91 Å². The zero-order chi connectivity index (χ0) is 24.9. The molecule has 0 aromatic heterocycles. The first-order valence-corrected chi connectivity index (χ1v) is 11.1. The van der Waals surface area contributed by atoms with Gasteiger partial charge in [-0.2, -0.15) is 18.4 Å². The number of ether oxygens (including phenoxy) is 2. The van der Waals surface area contributed by atoms with E-state index >= 15 is 0 Å². The first-order chi connectivity index (χ1) is 15.9. The molecule has 34 heavy (non-hydrogen) atoms. The van der Waals surface area contributed by atoms with Crippen LogP contribution in [0.15, 0.2) is 42.5 Å². The van der Waals surface area contributed by atoms with Crippen LogP contribution < -0.4 is 10.1 Å². The van der Waals surface area contributed by atoms with E-state index in [4.69, 9.17) is 14.7 Å². The average molecular weight is 473 g/mol. The SMILES string of the molecule is CC1(C)C(NC(=O)c2ccc(C3COC3)cc2)C(C)(C)C1Oc1ccc(C#N)c(C(F)(F)F)c1. The maximum Gasteiger partial charge on any atom is 0.417 e. The highest BCUT2D eigenvalue weighted by atomic mass is 19.4. The Balaban J connectivity index is 1.48. The molecule has 1 aliphatic carbocycles. The molecular formula is C26H27F3N2O3. The number of benzene rings is 2. The van der Waals surface area contributed by atoms with Crippen LogP contribution in [0.3, 0.4) is 0 Å². The molecule has 1 saturated carbocycles. The van der Waals surface area contributed by atoms with E-state index in [1.807, 2.05) is 39.8 Å². The van der Waals surface area contributed by atoms with Crippen molar-refractivity contribution in [3.8, 4) is 11.8 Å². The van der Waals surface area contributed by atoms with Crippen LogP contribution in [0.4, 0.5) is 13.2 Å². The lowest BCUT2D eigenvalue weighted by molar-refractivity contribution is -0.164. The molecule has 0 spiro atoms. The molecular weight excluding hydrogens is 445 g/mol. The van der Waals surface area contributed by atoms with Crippen molar-refractivity contribution in [3.05, 3.63) is 64.7 Å². The van der Waals surface area contributed by atoms with Crippen LogP contribution in [-0.4, -0.2) is 31.3 Å². The van der Waals surface area contributed by atoms with Crippen molar-refractivity contribution < 1.29 is 27.4 Å². The van der Waals surface area contributed by atoms with Gasteiger partial charge in [-0.3, -0.25) is 4.79 Å². The molecule has 2 aromatic carbocycles. The van der Waals surface area contributed by atoms with Gasteiger partial charge in [0.15, 0.2) is 0 Å². The van der Waals surface area contributed by atoms with Crippen LogP contribution in [0.5, 0.6) is 5.75 Å². The largest absolute Gasteiger partial charge is 0.489 e. The quantitative estimate of drug-likeness (QED) is 0.641. The summed E-state index contributed by atoms with van der Waals surface area (Å²) in [4.78, 5) is 12.9. The minimum absolute atomic E-state index is 0.0396. The molecule has 1 aliphatic heterocycles. The predicted octanol–water partition coefficient (Wildman–Crippen LogP) is 5.30. The normalized spacial score (nSPS) is 23.2. The van der Waals surface area contributed by atoms with Crippen LogP contribution in [0.2, 0.25) is 0 Å². The van der Waals surface area contributed by atoms with Gasteiger partial charge in [0, 0.05) is 28.4 Å². The fourth-order valence-corrected chi connectivity index (χ4v) is 5.41. The second-order valence-electron chi connectivity index (χ2n) is 10.2. The molecule has 1 N–H and O–H groups in total. The smallest absolute Gasteiger partial charge is 0.417 e. The van der Waals surface area contributed by atoms with Gasteiger partial charge >= 0.3 is 6.18 Å². The molecule has 1 heterocycles. The summed E-state index contributed by atoms with van der Waals surface area (Å²) in [6.45, 7) is 9.07. The summed E-state index contributed by atoms with van der Waals surface area (Å²) in [6, 6.07) is 12.1. The lowest BCUT2D eigenvalue weighted by atomic mass is 9.49. The van der Waals surface area contributed by atoms with Crippen molar-refractivity contribution in [1.29, 1.82) is 5.26 Å². The topological polar surface area (TPSA) is 71.3 Å². The second kappa shape index (κ2) is 8.31. The highest BCUT2D eigenvalue weighted by molar-refractivity contribution is 5.94. The first-order valence-electron chi connectivity index (χ1n) is 11.1. The summed E-state index contributed by atoms with van der Waals surface area (Å²) in [5.74, 6) is 0.205. The Morgan fingerprint density at radius 2 is 1.71 bits per heavy atom. The summed E-state index contributed by atoms with van der Waals surface area (Å²) in [5.41, 5.74) is -0.885. The highest BCUT2D eigenvalue weighted by Gasteiger charge is 2.64. The molecule has 180 valence electrons. The van der Waals surface area contributed by atoms with E-state index in [1.165, 1.54) is 6.07 Å². The molecule has 1 saturated heterocycles. The third-order valence-electron chi connectivity index (χ3n) is 7.07. The van der Waals surface area contributed by atoms with E-state index in [1.54, 1.807) is 18.2 Å². The van der Waals surface area contributed by atoms with Gasteiger partial charge in [0.05, 0.1) is 30.4 Å². The number of halogens is 3.